The molecule has 0 saturated carbocycles. The zero-order valence-corrected chi connectivity index (χ0v) is 12.1. The van der Waals surface area contributed by atoms with Crippen molar-refractivity contribution >= 4 is 10.0 Å². The van der Waals surface area contributed by atoms with E-state index in [-0.39, 0.29) is 6.04 Å². The Kier molecular flexibility index (Phi) is 6.51. The van der Waals surface area contributed by atoms with E-state index in [4.69, 9.17) is 10.6 Å². The number of ether oxygens (including phenoxy) is 1. The van der Waals surface area contributed by atoms with E-state index < -0.39 is 10.0 Å². The Balaban J connectivity index is 2.46. The smallest absolute Gasteiger partial charge is 0.211 e. The first kappa shape index (κ1) is 15.8. The molecule has 1 fully saturated rings. The number of nitrogens with zero attached hydrogens (tertiary/aromatic N) is 1. The molecule has 1 saturated heterocycles. The molecule has 1 heterocycles. The third kappa shape index (κ3) is 5.19. The lowest BCUT2D eigenvalue weighted by Crippen LogP contribution is -2.43. The van der Waals surface area contributed by atoms with Crippen molar-refractivity contribution in [3.05, 3.63) is 0 Å². The second-order valence-corrected chi connectivity index (χ2v) is 6.99. The van der Waals surface area contributed by atoms with Crippen LogP contribution in [0.5, 0.6) is 0 Å². The molecule has 7 heteroatoms. The summed E-state index contributed by atoms with van der Waals surface area (Å²) in [6.45, 7) is 1.93. The Morgan fingerprint density at radius 3 is 2.83 bits per heavy atom. The number of piperidine rings is 1. The normalized spacial score (nSPS) is 24.1. The monoisotopic (exact) mass is 279 g/mol. The van der Waals surface area contributed by atoms with Gasteiger partial charge >= 0.3 is 0 Å². The van der Waals surface area contributed by atoms with E-state index in [1.807, 2.05) is 0 Å². The molecule has 6 nitrogen and oxygen atoms in total. The first-order valence-electron chi connectivity index (χ1n) is 6.37. The molecule has 0 spiro atoms. The lowest BCUT2D eigenvalue weighted by atomic mass is 9.91. The zero-order chi connectivity index (χ0) is 13.6. The summed E-state index contributed by atoms with van der Waals surface area (Å²) in [5.41, 5.74) is 2.79. The van der Waals surface area contributed by atoms with Gasteiger partial charge in [-0.2, -0.15) is 0 Å². The fraction of sp³-hybridized carbons (Fsp3) is 1.00. The minimum atomic E-state index is -3.06. The van der Waals surface area contributed by atoms with Crippen molar-refractivity contribution in [3.63, 3.8) is 0 Å². The summed E-state index contributed by atoms with van der Waals surface area (Å²) in [5.74, 6) is 5.89. The Hall–Kier alpha value is -0.210. The molecule has 2 unspecified atom stereocenters. The maximum atomic E-state index is 11.5. The summed E-state index contributed by atoms with van der Waals surface area (Å²) in [4.78, 5) is 0. The van der Waals surface area contributed by atoms with Gasteiger partial charge in [0, 0.05) is 32.8 Å². The Morgan fingerprint density at radius 2 is 2.28 bits per heavy atom. The topological polar surface area (TPSA) is 84.7 Å². The highest BCUT2D eigenvalue weighted by Gasteiger charge is 2.27. The fourth-order valence-corrected chi connectivity index (χ4v) is 3.39. The quantitative estimate of drug-likeness (QED) is 0.503. The summed E-state index contributed by atoms with van der Waals surface area (Å²) >= 11 is 0. The van der Waals surface area contributed by atoms with Gasteiger partial charge in [0.2, 0.25) is 10.0 Å². The summed E-state index contributed by atoms with van der Waals surface area (Å²) in [7, 11) is -1.40. The van der Waals surface area contributed by atoms with E-state index in [9.17, 15) is 8.42 Å². The van der Waals surface area contributed by atoms with Crippen LogP contribution in [0.3, 0.4) is 0 Å². The number of methoxy groups -OCH3 is 1. The molecule has 1 rings (SSSR count). The van der Waals surface area contributed by atoms with Gasteiger partial charge in [0.05, 0.1) is 6.26 Å². The number of rotatable bonds is 7. The minimum Gasteiger partial charge on any atom is -0.385 e. The van der Waals surface area contributed by atoms with Crippen LogP contribution in [0.15, 0.2) is 0 Å². The maximum Gasteiger partial charge on any atom is 0.211 e. The van der Waals surface area contributed by atoms with Gasteiger partial charge in [0.25, 0.3) is 0 Å². The van der Waals surface area contributed by atoms with Crippen molar-refractivity contribution in [3.8, 4) is 0 Å². The lowest BCUT2D eigenvalue weighted by Gasteiger charge is -2.32. The zero-order valence-electron chi connectivity index (χ0n) is 11.3. The molecule has 0 amide bonds. The summed E-state index contributed by atoms with van der Waals surface area (Å²) in [5, 5.41) is 0. The number of nitrogens with one attached hydrogen (secondary N) is 1. The highest BCUT2D eigenvalue weighted by Crippen LogP contribution is 2.23. The molecule has 18 heavy (non-hydrogen) atoms. The second kappa shape index (κ2) is 7.40. The highest BCUT2D eigenvalue weighted by atomic mass is 32.2. The second-order valence-electron chi connectivity index (χ2n) is 5.01. The van der Waals surface area contributed by atoms with E-state index >= 15 is 0 Å². The van der Waals surface area contributed by atoms with Crippen LogP contribution in [-0.2, 0) is 14.8 Å². The van der Waals surface area contributed by atoms with Crippen molar-refractivity contribution in [1.82, 2.24) is 9.73 Å². The molecule has 1 aliphatic rings. The summed E-state index contributed by atoms with van der Waals surface area (Å²) in [6.07, 6.45) is 5.02. The highest BCUT2D eigenvalue weighted by molar-refractivity contribution is 7.88. The van der Waals surface area contributed by atoms with Crippen LogP contribution >= 0.6 is 0 Å². The molecule has 0 aromatic rings. The molecule has 0 aromatic carbocycles. The predicted octanol–water partition coefficient (Wildman–Crippen LogP) is -0.0835. The van der Waals surface area contributed by atoms with Crippen LogP contribution in [0.4, 0.5) is 0 Å². The van der Waals surface area contributed by atoms with Gasteiger partial charge in [-0.25, -0.2) is 12.7 Å². The van der Waals surface area contributed by atoms with E-state index in [2.05, 4.69) is 5.43 Å². The third-order valence-electron chi connectivity index (χ3n) is 3.47. The van der Waals surface area contributed by atoms with Crippen molar-refractivity contribution in [2.75, 3.05) is 33.1 Å². The first-order valence-corrected chi connectivity index (χ1v) is 8.22. The van der Waals surface area contributed by atoms with Gasteiger partial charge in [0.1, 0.15) is 0 Å². The number of sulfonamides is 1. The van der Waals surface area contributed by atoms with Crippen LogP contribution in [-0.4, -0.2) is 51.8 Å². The number of hydrogen-bond donors (Lipinski definition) is 2. The van der Waals surface area contributed by atoms with Gasteiger partial charge in [-0.05, 0) is 31.6 Å². The minimum absolute atomic E-state index is 0.189. The van der Waals surface area contributed by atoms with Crippen LogP contribution < -0.4 is 11.3 Å². The lowest BCUT2D eigenvalue weighted by molar-refractivity contribution is 0.169. The largest absolute Gasteiger partial charge is 0.385 e. The van der Waals surface area contributed by atoms with Gasteiger partial charge < -0.3 is 4.74 Å². The molecule has 0 radical (unpaired) electrons. The standard InChI is InChI=1S/C11H25N3O3S/c1-17-7-5-11(13-12)8-10-4-3-6-14(9-10)18(2,15)16/h10-11,13H,3-9,12H2,1-2H3. The molecule has 2 atom stereocenters. The molecular formula is C11H25N3O3S. The molecule has 0 bridgehead atoms. The van der Waals surface area contributed by atoms with Crippen LogP contribution in [0.2, 0.25) is 0 Å². The number of hydrogen-bond acceptors (Lipinski definition) is 5. The number of nitrogens with two attached hydrogens (primary N) is 1. The van der Waals surface area contributed by atoms with Gasteiger partial charge in [0.15, 0.2) is 0 Å². The summed E-state index contributed by atoms with van der Waals surface area (Å²) < 4.78 is 29.7. The molecular weight excluding hydrogens is 254 g/mol. The van der Waals surface area contributed by atoms with Crippen LogP contribution in [0, 0.1) is 5.92 Å². The molecule has 3 N–H and O–H groups in total. The van der Waals surface area contributed by atoms with E-state index in [1.54, 1.807) is 11.4 Å². The van der Waals surface area contributed by atoms with Gasteiger partial charge in [-0.3, -0.25) is 11.3 Å². The Morgan fingerprint density at radius 1 is 1.56 bits per heavy atom. The number of hydrazine groups is 1. The van der Waals surface area contributed by atoms with E-state index in [0.717, 1.165) is 25.7 Å². The van der Waals surface area contributed by atoms with Crippen molar-refractivity contribution in [2.24, 2.45) is 11.8 Å². The van der Waals surface area contributed by atoms with Crippen molar-refractivity contribution in [1.29, 1.82) is 0 Å². The van der Waals surface area contributed by atoms with Crippen LogP contribution in [0.25, 0.3) is 0 Å². The van der Waals surface area contributed by atoms with Crippen molar-refractivity contribution in [2.45, 2.75) is 31.7 Å². The Labute approximate surface area is 110 Å². The fourth-order valence-electron chi connectivity index (χ4n) is 2.45. The average molecular weight is 279 g/mol. The van der Waals surface area contributed by atoms with Gasteiger partial charge in [-0.1, -0.05) is 0 Å². The first-order chi connectivity index (χ1) is 8.47. The maximum absolute atomic E-state index is 11.5. The molecule has 1 aliphatic heterocycles. The SMILES string of the molecule is COCCC(CC1CCCN(S(C)(=O)=O)C1)NN. The molecule has 108 valence electrons. The summed E-state index contributed by atoms with van der Waals surface area (Å²) in [6, 6.07) is 0.189. The average Bonchev–Trinajstić information content (AvgIpc) is 2.33. The predicted molar refractivity (Wildman–Crippen MR) is 71.4 cm³/mol. The van der Waals surface area contributed by atoms with E-state index in [1.165, 1.54) is 6.26 Å². The third-order valence-corrected chi connectivity index (χ3v) is 4.74. The molecule has 0 aliphatic carbocycles. The van der Waals surface area contributed by atoms with Crippen molar-refractivity contribution < 1.29 is 13.2 Å². The molecule has 0 aromatic heterocycles. The Bertz CT molecular complexity index is 334. The van der Waals surface area contributed by atoms with E-state index in [0.29, 0.717) is 25.6 Å². The van der Waals surface area contributed by atoms with Crippen LogP contribution in [0.1, 0.15) is 25.7 Å². The van der Waals surface area contributed by atoms with Gasteiger partial charge in [-0.15, -0.1) is 0 Å².